The standard InChI is InChI=1S/C28H26ClN3O4S/c1-37(35,36)31-15-13-30(14-16-31)26(33)20-5-4-6-22(17-20)32-25-8-3-2-7-23(25)28(27(32)34)18-24(28)19-9-11-21(29)12-10-19/h2-12,17,24H,13-16,18H2,1H3/t24-,28+/m0/s1. The average Bonchev–Trinajstić information content (AvgIpc) is 3.60. The van der Waals surface area contributed by atoms with E-state index in [1.807, 2.05) is 54.6 Å². The molecular weight excluding hydrogens is 510 g/mol. The average molecular weight is 536 g/mol. The minimum atomic E-state index is -3.28. The Morgan fingerprint density at radius 3 is 2.35 bits per heavy atom. The molecule has 37 heavy (non-hydrogen) atoms. The first-order chi connectivity index (χ1) is 17.7. The Bertz CT molecular complexity index is 1520. The lowest BCUT2D eigenvalue weighted by atomic mass is 9.92. The van der Waals surface area contributed by atoms with Crippen LogP contribution < -0.4 is 4.90 Å². The molecule has 3 aromatic carbocycles. The Morgan fingerprint density at radius 1 is 0.946 bits per heavy atom. The Labute approximate surface area is 221 Å². The van der Waals surface area contributed by atoms with E-state index in [-0.39, 0.29) is 30.8 Å². The minimum absolute atomic E-state index is 0.0139. The lowest BCUT2D eigenvalue weighted by molar-refractivity contribution is -0.119. The van der Waals surface area contributed by atoms with Crippen molar-refractivity contribution in [2.75, 3.05) is 37.3 Å². The zero-order chi connectivity index (χ0) is 25.9. The number of halogens is 1. The molecule has 1 saturated carbocycles. The van der Waals surface area contributed by atoms with Crippen LogP contribution in [0.15, 0.2) is 72.8 Å². The number of hydrogen-bond donors (Lipinski definition) is 0. The van der Waals surface area contributed by atoms with Crippen LogP contribution in [-0.4, -0.2) is 61.9 Å². The van der Waals surface area contributed by atoms with Gasteiger partial charge in [-0.2, -0.15) is 4.31 Å². The summed E-state index contributed by atoms with van der Waals surface area (Å²) >= 11 is 6.09. The van der Waals surface area contributed by atoms with Gasteiger partial charge in [-0.15, -0.1) is 0 Å². The van der Waals surface area contributed by atoms with Crippen molar-refractivity contribution >= 4 is 44.8 Å². The summed E-state index contributed by atoms with van der Waals surface area (Å²) in [6.07, 6.45) is 1.91. The molecule has 1 aliphatic carbocycles. The number of carbonyl (C=O) groups excluding carboxylic acids is 2. The number of carbonyl (C=O) groups is 2. The van der Waals surface area contributed by atoms with E-state index in [4.69, 9.17) is 11.6 Å². The SMILES string of the molecule is CS(=O)(=O)N1CCN(C(=O)c2cccc(N3C(=O)[C@]4(C[C@H]4c4ccc(Cl)cc4)c4ccccc43)c2)CC1. The van der Waals surface area contributed by atoms with E-state index in [9.17, 15) is 18.0 Å². The van der Waals surface area contributed by atoms with Crippen LogP contribution in [0.2, 0.25) is 5.02 Å². The van der Waals surface area contributed by atoms with Crippen molar-refractivity contribution in [2.24, 2.45) is 0 Å². The van der Waals surface area contributed by atoms with Gasteiger partial charge in [0, 0.05) is 48.4 Å². The molecule has 9 heteroatoms. The van der Waals surface area contributed by atoms with Crippen LogP contribution in [0.3, 0.4) is 0 Å². The molecule has 1 spiro atoms. The zero-order valence-corrected chi connectivity index (χ0v) is 21.9. The van der Waals surface area contributed by atoms with Crippen LogP contribution in [0.25, 0.3) is 0 Å². The lowest BCUT2D eigenvalue weighted by Gasteiger charge is -2.33. The number of nitrogens with zero attached hydrogens (tertiary/aromatic N) is 3. The lowest BCUT2D eigenvalue weighted by Crippen LogP contribution is -2.50. The van der Waals surface area contributed by atoms with E-state index in [1.54, 1.807) is 28.0 Å². The molecule has 3 aromatic rings. The number of amides is 2. The van der Waals surface area contributed by atoms with Gasteiger partial charge in [-0.05, 0) is 53.9 Å². The van der Waals surface area contributed by atoms with Gasteiger partial charge in [0.1, 0.15) is 0 Å². The molecule has 2 heterocycles. The Morgan fingerprint density at radius 2 is 1.65 bits per heavy atom. The van der Waals surface area contributed by atoms with E-state index in [0.29, 0.717) is 29.4 Å². The first kappa shape index (κ1) is 24.2. The predicted octanol–water partition coefficient (Wildman–Crippen LogP) is 4.16. The Kier molecular flexibility index (Phi) is 5.67. The number of rotatable bonds is 4. The summed E-state index contributed by atoms with van der Waals surface area (Å²) in [5, 5.41) is 0.664. The first-order valence-electron chi connectivity index (χ1n) is 12.2. The van der Waals surface area contributed by atoms with E-state index in [2.05, 4.69) is 0 Å². The van der Waals surface area contributed by atoms with Crippen molar-refractivity contribution in [1.29, 1.82) is 0 Å². The molecule has 7 nitrogen and oxygen atoms in total. The quantitative estimate of drug-likeness (QED) is 0.502. The Hall–Kier alpha value is -3.20. The van der Waals surface area contributed by atoms with Crippen molar-refractivity contribution in [3.8, 4) is 0 Å². The topological polar surface area (TPSA) is 78.0 Å². The number of fused-ring (bicyclic) bond motifs is 2. The third-order valence-electron chi connectivity index (χ3n) is 7.79. The smallest absolute Gasteiger partial charge is 0.254 e. The molecule has 0 radical (unpaired) electrons. The van der Waals surface area contributed by atoms with Crippen molar-refractivity contribution < 1.29 is 18.0 Å². The maximum Gasteiger partial charge on any atom is 0.254 e. The third-order valence-corrected chi connectivity index (χ3v) is 9.34. The molecule has 190 valence electrons. The second-order valence-electron chi connectivity index (χ2n) is 9.94. The van der Waals surface area contributed by atoms with E-state index in [0.717, 1.165) is 23.2 Å². The molecule has 2 atom stereocenters. The van der Waals surface area contributed by atoms with Crippen LogP contribution >= 0.6 is 11.6 Å². The van der Waals surface area contributed by atoms with Crippen LogP contribution in [0.1, 0.15) is 33.8 Å². The normalized spacial score (nSPS) is 23.4. The van der Waals surface area contributed by atoms with Gasteiger partial charge in [0.05, 0.1) is 17.4 Å². The van der Waals surface area contributed by atoms with Crippen molar-refractivity contribution in [3.63, 3.8) is 0 Å². The van der Waals surface area contributed by atoms with Crippen LogP contribution in [0.4, 0.5) is 11.4 Å². The highest BCUT2D eigenvalue weighted by atomic mass is 35.5. The molecular formula is C28H26ClN3O4S. The number of para-hydroxylation sites is 1. The van der Waals surface area contributed by atoms with E-state index < -0.39 is 15.4 Å². The second-order valence-corrected chi connectivity index (χ2v) is 12.4. The number of hydrogen-bond acceptors (Lipinski definition) is 4. The molecule has 1 saturated heterocycles. The fraction of sp³-hybridized carbons (Fsp3) is 0.286. The number of sulfonamides is 1. The first-order valence-corrected chi connectivity index (χ1v) is 14.5. The van der Waals surface area contributed by atoms with Gasteiger partial charge in [-0.3, -0.25) is 14.5 Å². The van der Waals surface area contributed by atoms with Crippen molar-refractivity contribution in [1.82, 2.24) is 9.21 Å². The van der Waals surface area contributed by atoms with Gasteiger partial charge in [-0.25, -0.2) is 8.42 Å². The van der Waals surface area contributed by atoms with Gasteiger partial charge in [0.15, 0.2) is 0 Å². The fourth-order valence-corrected chi connectivity index (χ4v) is 6.76. The van der Waals surface area contributed by atoms with Crippen molar-refractivity contribution in [3.05, 3.63) is 94.5 Å². The summed E-state index contributed by atoms with van der Waals surface area (Å²) in [6.45, 7) is 1.20. The molecule has 3 aliphatic rings. The summed E-state index contributed by atoms with van der Waals surface area (Å²) in [5.41, 5.74) is 3.45. The van der Waals surface area contributed by atoms with E-state index in [1.165, 1.54) is 10.6 Å². The number of anilines is 2. The third kappa shape index (κ3) is 3.95. The minimum Gasteiger partial charge on any atom is -0.336 e. The molecule has 0 bridgehead atoms. The largest absolute Gasteiger partial charge is 0.336 e. The molecule has 2 fully saturated rings. The predicted molar refractivity (Wildman–Crippen MR) is 143 cm³/mol. The van der Waals surface area contributed by atoms with Gasteiger partial charge in [0.2, 0.25) is 15.9 Å². The van der Waals surface area contributed by atoms with Gasteiger partial charge >= 0.3 is 0 Å². The molecule has 0 unspecified atom stereocenters. The highest BCUT2D eigenvalue weighted by molar-refractivity contribution is 7.88. The van der Waals surface area contributed by atoms with Gasteiger partial charge in [0.25, 0.3) is 5.91 Å². The molecule has 2 amide bonds. The molecule has 0 N–H and O–H groups in total. The second kappa shape index (κ2) is 8.68. The van der Waals surface area contributed by atoms with Gasteiger partial charge < -0.3 is 4.90 Å². The van der Waals surface area contributed by atoms with Crippen LogP contribution in [0.5, 0.6) is 0 Å². The van der Waals surface area contributed by atoms with Crippen LogP contribution in [0, 0.1) is 0 Å². The summed E-state index contributed by atoms with van der Waals surface area (Å²) in [6, 6.07) is 22.7. The summed E-state index contributed by atoms with van der Waals surface area (Å²) in [4.78, 5) is 30.8. The van der Waals surface area contributed by atoms with E-state index >= 15 is 0 Å². The zero-order valence-electron chi connectivity index (χ0n) is 20.3. The molecule has 2 aliphatic heterocycles. The monoisotopic (exact) mass is 535 g/mol. The summed E-state index contributed by atoms with van der Waals surface area (Å²) < 4.78 is 25.0. The highest BCUT2D eigenvalue weighted by Crippen LogP contribution is 2.67. The molecule has 0 aromatic heterocycles. The van der Waals surface area contributed by atoms with Gasteiger partial charge in [-0.1, -0.05) is 48.0 Å². The maximum atomic E-state index is 14.1. The maximum absolute atomic E-state index is 14.1. The molecule has 6 rings (SSSR count). The highest BCUT2D eigenvalue weighted by Gasteiger charge is 2.67. The summed E-state index contributed by atoms with van der Waals surface area (Å²) in [7, 11) is -3.28. The Balaban J connectivity index is 1.29. The number of benzene rings is 3. The summed E-state index contributed by atoms with van der Waals surface area (Å²) in [5.74, 6) is -0.0884. The fourth-order valence-electron chi connectivity index (χ4n) is 5.80. The number of piperazine rings is 1. The van der Waals surface area contributed by atoms with Crippen molar-refractivity contribution in [2.45, 2.75) is 17.8 Å². The van der Waals surface area contributed by atoms with Crippen LogP contribution in [-0.2, 0) is 20.2 Å².